The first-order valence-corrected chi connectivity index (χ1v) is 13.8. The molecule has 1 atom stereocenters. The molecule has 0 radical (unpaired) electrons. The zero-order valence-corrected chi connectivity index (χ0v) is 23.2. The summed E-state index contributed by atoms with van der Waals surface area (Å²) in [6, 6.07) is 4.84. The fraction of sp³-hybridized carbons (Fsp3) is 0.571. The second kappa shape index (κ2) is 12.8. The highest BCUT2D eigenvalue weighted by atomic mass is 35.5. The number of amides is 1. The molecule has 1 amide bonds. The number of oxazole rings is 1. The van der Waals surface area contributed by atoms with Crippen LogP contribution in [0.1, 0.15) is 76.6 Å². The predicted molar refractivity (Wildman–Crippen MR) is 145 cm³/mol. The van der Waals surface area contributed by atoms with E-state index in [1.54, 1.807) is 25.4 Å². The maximum absolute atomic E-state index is 13.3. The molecule has 0 bridgehead atoms. The first kappa shape index (κ1) is 28.1. The van der Waals surface area contributed by atoms with E-state index in [2.05, 4.69) is 27.4 Å². The summed E-state index contributed by atoms with van der Waals surface area (Å²) in [5.74, 6) is 1.50. The van der Waals surface area contributed by atoms with Crippen molar-refractivity contribution in [3.05, 3.63) is 35.3 Å². The van der Waals surface area contributed by atoms with Crippen LogP contribution in [0.2, 0.25) is 5.02 Å². The number of unbranched alkanes of at least 4 members (excludes halogenated alkanes) is 2. The second-order valence-corrected chi connectivity index (χ2v) is 10.7. The van der Waals surface area contributed by atoms with E-state index in [1.807, 2.05) is 13.0 Å². The van der Waals surface area contributed by atoms with Crippen LogP contribution >= 0.6 is 11.6 Å². The molecule has 1 N–H and O–H groups in total. The summed E-state index contributed by atoms with van der Waals surface area (Å²) in [6.45, 7) is 3.72. The molecule has 3 heterocycles. The SMILES string of the molecule is CCC(=O)CCCCCC(NC(=O)C1=NOC2(CCN(C)CC2)C1)c1ncc(-c2ccc(Cl)cc2OC)o1. The lowest BCUT2D eigenvalue weighted by Crippen LogP contribution is -2.44. The molecular weight excluding hydrogens is 508 g/mol. The molecule has 10 heteroatoms. The number of rotatable bonds is 12. The number of hydrogen-bond acceptors (Lipinski definition) is 8. The molecule has 1 spiro atoms. The van der Waals surface area contributed by atoms with E-state index >= 15 is 0 Å². The fourth-order valence-corrected chi connectivity index (χ4v) is 5.06. The van der Waals surface area contributed by atoms with Gasteiger partial charge in [0, 0.05) is 50.2 Å². The third kappa shape index (κ3) is 6.94. The van der Waals surface area contributed by atoms with Crippen molar-refractivity contribution in [1.82, 2.24) is 15.2 Å². The van der Waals surface area contributed by atoms with Crippen molar-refractivity contribution in [2.75, 3.05) is 27.2 Å². The molecular formula is C28H37ClN4O5. The summed E-state index contributed by atoms with van der Waals surface area (Å²) in [6.07, 6.45) is 8.08. The number of aromatic nitrogens is 1. The number of oxime groups is 1. The third-order valence-corrected chi connectivity index (χ3v) is 7.63. The van der Waals surface area contributed by atoms with Gasteiger partial charge < -0.3 is 24.2 Å². The van der Waals surface area contributed by atoms with Gasteiger partial charge in [-0.1, -0.05) is 36.5 Å². The van der Waals surface area contributed by atoms with Crippen LogP contribution in [0, 0.1) is 0 Å². The Balaban J connectivity index is 1.45. The molecule has 1 unspecified atom stereocenters. The molecule has 206 valence electrons. The fourth-order valence-electron chi connectivity index (χ4n) is 4.90. The molecule has 2 aliphatic heterocycles. The number of benzene rings is 1. The zero-order valence-electron chi connectivity index (χ0n) is 22.4. The minimum Gasteiger partial charge on any atom is -0.496 e. The van der Waals surface area contributed by atoms with Crippen LogP contribution in [0.4, 0.5) is 0 Å². The van der Waals surface area contributed by atoms with Gasteiger partial charge in [0.05, 0.1) is 18.9 Å². The Labute approximate surface area is 228 Å². The molecule has 1 saturated heterocycles. The molecule has 0 aliphatic carbocycles. The molecule has 9 nitrogen and oxygen atoms in total. The van der Waals surface area contributed by atoms with Gasteiger partial charge in [-0.15, -0.1) is 0 Å². The zero-order chi connectivity index (χ0) is 27.1. The molecule has 1 aromatic heterocycles. The number of ether oxygens (including phenoxy) is 1. The van der Waals surface area contributed by atoms with Crippen molar-refractivity contribution in [3.63, 3.8) is 0 Å². The molecule has 2 aromatic rings. The highest BCUT2D eigenvalue weighted by molar-refractivity contribution is 6.39. The van der Waals surface area contributed by atoms with Crippen molar-refractivity contribution < 1.29 is 23.6 Å². The smallest absolute Gasteiger partial charge is 0.269 e. The van der Waals surface area contributed by atoms with Crippen molar-refractivity contribution in [1.29, 1.82) is 0 Å². The minimum atomic E-state index is -0.451. The van der Waals surface area contributed by atoms with Gasteiger partial charge in [-0.3, -0.25) is 9.59 Å². The van der Waals surface area contributed by atoms with E-state index in [-0.39, 0.29) is 17.3 Å². The van der Waals surface area contributed by atoms with Crippen molar-refractivity contribution in [2.24, 2.45) is 5.16 Å². The number of Topliss-reactive ketones (excluding diaryl/α,β-unsaturated/α-hetero) is 1. The van der Waals surface area contributed by atoms with Crippen molar-refractivity contribution in [2.45, 2.75) is 76.4 Å². The number of piperidine rings is 1. The van der Waals surface area contributed by atoms with Gasteiger partial charge in [0.2, 0.25) is 5.89 Å². The maximum atomic E-state index is 13.3. The van der Waals surface area contributed by atoms with Gasteiger partial charge in [-0.2, -0.15) is 0 Å². The highest BCUT2D eigenvalue weighted by Crippen LogP contribution is 2.36. The van der Waals surface area contributed by atoms with E-state index in [0.29, 0.717) is 53.8 Å². The summed E-state index contributed by atoms with van der Waals surface area (Å²) < 4.78 is 11.6. The van der Waals surface area contributed by atoms with Crippen molar-refractivity contribution >= 4 is 29.0 Å². The molecule has 38 heavy (non-hydrogen) atoms. The van der Waals surface area contributed by atoms with Gasteiger partial charge in [-0.25, -0.2) is 4.98 Å². The van der Waals surface area contributed by atoms with Gasteiger partial charge in [0.1, 0.15) is 28.9 Å². The summed E-state index contributed by atoms with van der Waals surface area (Å²) in [4.78, 5) is 37.5. The number of carbonyl (C=O) groups excluding carboxylic acids is 2. The van der Waals surface area contributed by atoms with Crippen LogP contribution in [0.5, 0.6) is 5.75 Å². The van der Waals surface area contributed by atoms with Crippen LogP contribution < -0.4 is 10.1 Å². The third-order valence-electron chi connectivity index (χ3n) is 7.40. The van der Waals surface area contributed by atoms with Crippen LogP contribution in [-0.2, 0) is 14.4 Å². The van der Waals surface area contributed by atoms with Crippen molar-refractivity contribution in [3.8, 4) is 17.1 Å². The Morgan fingerprint density at radius 2 is 2.03 bits per heavy atom. The second-order valence-electron chi connectivity index (χ2n) is 10.2. The summed E-state index contributed by atoms with van der Waals surface area (Å²) in [5, 5.41) is 7.81. The van der Waals surface area contributed by atoms with E-state index in [0.717, 1.165) is 50.8 Å². The Hall–Kier alpha value is -2.91. The Bertz CT molecular complexity index is 1160. The van der Waals surface area contributed by atoms with Crippen LogP contribution in [0.3, 0.4) is 0 Å². The van der Waals surface area contributed by atoms with E-state index < -0.39 is 6.04 Å². The number of nitrogens with zero attached hydrogens (tertiary/aromatic N) is 3. The average Bonchev–Trinajstić information content (AvgIpc) is 3.57. The number of ketones is 1. The Morgan fingerprint density at radius 1 is 1.24 bits per heavy atom. The van der Waals surface area contributed by atoms with Crippen LogP contribution in [-0.4, -0.2) is 60.1 Å². The molecule has 1 fully saturated rings. The predicted octanol–water partition coefficient (Wildman–Crippen LogP) is 5.33. The van der Waals surface area contributed by atoms with Crippen LogP contribution in [0.25, 0.3) is 11.3 Å². The van der Waals surface area contributed by atoms with Gasteiger partial charge in [0.15, 0.2) is 5.76 Å². The number of hydrogen-bond donors (Lipinski definition) is 1. The molecule has 2 aliphatic rings. The molecule has 4 rings (SSSR count). The number of methoxy groups -OCH3 is 1. The summed E-state index contributed by atoms with van der Waals surface area (Å²) in [5.41, 5.74) is 0.734. The first-order chi connectivity index (χ1) is 18.3. The number of carbonyl (C=O) groups is 2. The number of nitrogens with one attached hydrogen (secondary N) is 1. The van der Waals surface area contributed by atoms with Gasteiger partial charge >= 0.3 is 0 Å². The Morgan fingerprint density at radius 3 is 2.76 bits per heavy atom. The highest BCUT2D eigenvalue weighted by Gasteiger charge is 2.43. The first-order valence-electron chi connectivity index (χ1n) is 13.4. The lowest BCUT2D eigenvalue weighted by Gasteiger charge is -2.35. The van der Waals surface area contributed by atoms with E-state index in [4.69, 9.17) is 25.6 Å². The average molecular weight is 545 g/mol. The minimum absolute atomic E-state index is 0.268. The monoisotopic (exact) mass is 544 g/mol. The maximum Gasteiger partial charge on any atom is 0.269 e. The largest absolute Gasteiger partial charge is 0.496 e. The van der Waals surface area contributed by atoms with E-state index in [1.165, 1.54) is 0 Å². The normalized spacial score (nSPS) is 17.6. The molecule has 1 aromatic carbocycles. The lowest BCUT2D eigenvalue weighted by molar-refractivity contribution is -0.119. The summed E-state index contributed by atoms with van der Waals surface area (Å²) >= 11 is 6.11. The topological polar surface area (TPSA) is 106 Å². The van der Waals surface area contributed by atoms with Gasteiger partial charge in [0.25, 0.3) is 5.91 Å². The van der Waals surface area contributed by atoms with Crippen LogP contribution in [0.15, 0.2) is 34.0 Å². The van der Waals surface area contributed by atoms with E-state index in [9.17, 15) is 9.59 Å². The van der Waals surface area contributed by atoms with Gasteiger partial charge in [-0.05, 0) is 38.1 Å². The summed E-state index contributed by atoms with van der Waals surface area (Å²) in [7, 11) is 3.66. The Kier molecular flexibility index (Phi) is 9.44. The number of halogens is 1. The lowest BCUT2D eigenvalue weighted by atomic mass is 9.87. The quantitative estimate of drug-likeness (QED) is 0.360. The number of likely N-dealkylation sites (tertiary alicyclic amines) is 1. The molecule has 0 saturated carbocycles. The standard InChI is InChI=1S/C28H37ClN4O5/c1-4-20(34)8-6-5-7-9-22(27-30-18-25(37-27)21-11-10-19(29)16-24(21)36-3)31-26(35)23-17-28(38-32-23)12-14-33(2)15-13-28/h10-11,16,18,22H,4-9,12-15,17H2,1-3H3,(H,31,35).